The standard InChI is InChI=1S/C15H23ClO2Si/c1-15(2,3)19(4,5)18-13(14(16)17)11-12-9-7-6-8-10-12/h6-10,13H,11H2,1-5H3/t13-/m0/s1. The van der Waals surface area contributed by atoms with Crippen LogP contribution in [0.5, 0.6) is 0 Å². The summed E-state index contributed by atoms with van der Waals surface area (Å²) >= 11 is 5.71. The van der Waals surface area contributed by atoms with Crippen molar-refractivity contribution in [3.63, 3.8) is 0 Å². The minimum Gasteiger partial charge on any atom is -0.405 e. The zero-order valence-electron chi connectivity index (χ0n) is 12.4. The highest BCUT2D eigenvalue weighted by molar-refractivity contribution is 6.75. The van der Waals surface area contributed by atoms with E-state index < -0.39 is 19.7 Å². The van der Waals surface area contributed by atoms with Crippen LogP contribution in [0.15, 0.2) is 30.3 Å². The molecule has 4 heteroatoms. The lowest BCUT2D eigenvalue weighted by atomic mass is 10.1. The van der Waals surface area contributed by atoms with E-state index in [-0.39, 0.29) is 5.04 Å². The highest BCUT2D eigenvalue weighted by Crippen LogP contribution is 2.37. The van der Waals surface area contributed by atoms with E-state index in [0.29, 0.717) is 6.42 Å². The van der Waals surface area contributed by atoms with Crippen molar-refractivity contribution in [3.05, 3.63) is 35.9 Å². The summed E-state index contributed by atoms with van der Waals surface area (Å²) in [6.45, 7) is 10.7. The maximum absolute atomic E-state index is 11.6. The molecule has 0 radical (unpaired) electrons. The summed E-state index contributed by atoms with van der Waals surface area (Å²) in [6.07, 6.45) is -0.0136. The Hall–Kier alpha value is -0.643. The molecule has 0 fully saturated rings. The summed E-state index contributed by atoms with van der Waals surface area (Å²) < 4.78 is 6.13. The molecule has 1 atom stereocenters. The fourth-order valence-electron chi connectivity index (χ4n) is 1.53. The Labute approximate surface area is 122 Å². The van der Waals surface area contributed by atoms with Gasteiger partial charge in [-0.2, -0.15) is 0 Å². The summed E-state index contributed by atoms with van der Waals surface area (Å²) in [5.74, 6) is 0. The van der Waals surface area contributed by atoms with E-state index in [4.69, 9.17) is 16.0 Å². The lowest BCUT2D eigenvalue weighted by Gasteiger charge is -2.38. The van der Waals surface area contributed by atoms with Crippen molar-refractivity contribution in [3.8, 4) is 0 Å². The highest BCUT2D eigenvalue weighted by Gasteiger charge is 2.40. The van der Waals surface area contributed by atoms with Crippen LogP contribution in [-0.4, -0.2) is 19.7 Å². The van der Waals surface area contributed by atoms with E-state index in [1.807, 2.05) is 30.3 Å². The van der Waals surface area contributed by atoms with E-state index >= 15 is 0 Å². The predicted molar refractivity (Wildman–Crippen MR) is 83.1 cm³/mol. The van der Waals surface area contributed by atoms with Crippen molar-refractivity contribution in [1.29, 1.82) is 0 Å². The quantitative estimate of drug-likeness (QED) is 0.595. The first kappa shape index (κ1) is 16.4. The smallest absolute Gasteiger partial charge is 0.249 e. The summed E-state index contributed by atoms with van der Waals surface area (Å²) in [6, 6.07) is 9.84. The molecular formula is C15H23ClO2Si. The van der Waals surface area contributed by atoms with Gasteiger partial charge in [-0.15, -0.1) is 0 Å². The zero-order chi connectivity index (χ0) is 14.7. The predicted octanol–water partition coefficient (Wildman–Crippen LogP) is 4.38. The molecule has 0 saturated carbocycles. The van der Waals surface area contributed by atoms with E-state index in [0.717, 1.165) is 5.56 Å². The molecule has 0 aliphatic rings. The highest BCUT2D eigenvalue weighted by atomic mass is 35.5. The molecule has 0 aromatic heterocycles. The molecule has 1 rings (SSSR count). The molecule has 2 nitrogen and oxygen atoms in total. The maximum Gasteiger partial charge on any atom is 0.249 e. The molecule has 1 aromatic rings. The molecule has 0 spiro atoms. The van der Waals surface area contributed by atoms with Gasteiger partial charge in [0.05, 0.1) is 0 Å². The van der Waals surface area contributed by atoms with Crippen molar-refractivity contribution < 1.29 is 9.22 Å². The summed E-state index contributed by atoms with van der Waals surface area (Å²) in [5.41, 5.74) is 1.07. The van der Waals surface area contributed by atoms with Gasteiger partial charge in [-0.05, 0) is 35.3 Å². The van der Waals surface area contributed by atoms with Gasteiger partial charge in [0.2, 0.25) is 5.24 Å². The van der Waals surface area contributed by atoms with Crippen molar-refractivity contribution in [2.45, 2.75) is 51.4 Å². The third kappa shape index (κ3) is 4.75. The van der Waals surface area contributed by atoms with E-state index in [2.05, 4.69) is 33.9 Å². The van der Waals surface area contributed by atoms with Gasteiger partial charge in [0.25, 0.3) is 0 Å². The Morgan fingerprint density at radius 2 is 1.79 bits per heavy atom. The molecular weight excluding hydrogens is 276 g/mol. The van der Waals surface area contributed by atoms with Gasteiger partial charge >= 0.3 is 0 Å². The SMILES string of the molecule is CC(C)(C)[Si](C)(C)O[C@@H](Cc1ccccc1)C(=O)Cl. The molecule has 0 aliphatic heterocycles. The summed E-state index contributed by atoms with van der Waals surface area (Å²) in [5, 5.41) is -0.345. The molecule has 0 N–H and O–H groups in total. The van der Waals surface area contributed by atoms with E-state index in [9.17, 15) is 4.79 Å². The van der Waals surface area contributed by atoms with Crippen LogP contribution in [0.1, 0.15) is 26.3 Å². The second-order valence-electron chi connectivity index (χ2n) is 6.36. The molecule has 1 aromatic carbocycles. The molecule has 106 valence electrons. The van der Waals surface area contributed by atoms with Gasteiger partial charge in [0.1, 0.15) is 6.10 Å². The Morgan fingerprint density at radius 1 is 1.26 bits per heavy atom. The van der Waals surface area contributed by atoms with Gasteiger partial charge in [0.15, 0.2) is 8.32 Å². The monoisotopic (exact) mass is 298 g/mol. The topological polar surface area (TPSA) is 26.3 Å². The molecule has 0 heterocycles. The number of hydrogen-bond donors (Lipinski definition) is 0. The lowest BCUT2D eigenvalue weighted by Crippen LogP contribution is -2.46. The Balaban J connectivity index is 2.83. The molecule has 0 unspecified atom stereocenters. The third-order valence-corrected chi connectivity index (χ3v) is 8.49. The number of carbonyl (C=O) groups is 1. The number of hydrogen-bond acceptors (Lipinski definition) is 2. The zero-order valence-corrected chi connectivity index (χ0v) is 14.1. The number of rotatable bonds is 5. The minimum absolute atomic E-state index is 0.0638. The van der Waals surface area contributed by atoms with Gasteiger partial charge in [-0.1, -0.05) is 51.1 Å². The summed E-state index contributed by atoms with van der Waals surface area (Å²) in [4.78, 5) is 11.6. The average molecular weight is 299 g/mol. The van der Waals surface area contributed by atoms with Crippen molar-refractivity contribution in [1.82, 2.24) is 0 Å². The van der Waals surface area contributed by atoms with Gasteiger partial charge < -0.3 is 4.43 Å². The average Bonchev–Trinajstić information content (AvgIpc) is 2.27. The van der Waals surface area contributed by atoms with Crippen molar-refractivity contribution in [2.75, 3.05) is 0 Å². The van der Waals surface area contributed by atoms with Gasteiger partial charge in [-0.25, -0.2) is 0 Å². The molecule has 0 aliphatic carbocycles. The van der Waals surface area contributed by atoms with Crippen LogP contribution in [0, 0.1) is 0 Å². The molecule has 0 saturated heterocycles. The first-order valence-electron chi connectivity index (χ1n) is 6.54. The Bertz CT molecular complexity index is 424. The van der Waals surface area contributed by atoms with Crippen LogP contribution >= 0.6 is 11.6 Å². The maximum atomic E-state index is 11.6. The second kappa shape index (κ2) is 6.20. The van der Waals surface area contributed by atoms with Crippen molar-refractivity contribution >= 4 is 25.2 Å². The second-order valence-corrected chi connectivity index (χ2v) is 11.5. The molecule has 0 amide bonds. The normalized spacial score (nSPS) is 14.2. The van der Waals surface area contributed by atoms with Gasteiger partial charge in [0, 0.05) is 6.42 Å². The first-order chi connectivity index (χ1) is 8.63. The molecule has 0 bridgehead atoms. The first-order valence-corrected chi connectivity index (χ1v) is 9.83. The Morgan fingerprint density at radius 3 is 2.21 bits per heavy atom. The number of carbonyl (C=O) groups excluding carboxylic acids is 1. The van der Waals surface area contributed by atoms with E-state index in [1.165, 1.54) is 0 Å². The lowest BCUT2D eigenvalue weighted by molar-refractivity contribution is -0.118. The van der Waals surface area contributed by atoms with Crippen LogP contribution in [0.2, 0.25) is 18.1 Å². The van der Waals surface area contributed by atoms with E-state index in [1.54, 1.807) is 0 Å². The number of halogens is 1. The number of benzene rings is 1. The van der Waals surface area contributed by atoms with Crippen LogP contribution in [0.3, 0.4) is 0 Å². The summed E-state index contributed by atoms with van der Waals surface area (Å²) in [7, 11) is -1.99. The van der Waals surface area contributed by atoms with Crippen LogP contribution in [-0.2, 0) is 15.6 Å². The van der Waals surface area contributed by atoms with Crippen molar-refractivity contribution in [2.24, 2.45) is 0 Å². The fraction of sp³-hybridized carbons (Fsp3) is 0.533. The van der Waals surface area contributed by atoms with Crippen LogP contribution in [0.4, 0.5) is 0 Å². The fourth-order valence-corrected chi connectivity index (χ4v) is 2.98. The van der Waals surface area contributed by atoms with Crippen LogP contribution < -0.4 is 0 Å². The van der Waals surface area contributed by atoms with Crippen LogP contribution in [0.25, 0.3) is 0 Å². The molecule has 19 heavy (non-hydrogen) atoms. The third-order valence-electron chi connectivity index (χ3n) is 3.76. The minimum atomic E-state index is -1.99. The van der Waals surface area contributed by atoms with Gasteiger partial charge in [-0.3, -0.25) is 4.79 Å². The largest absolute Gasteiger partial charge is 0.405 e. The Kier molecular flexibility index (Phi) is 5.36.